The minimum Gasteiger partial charge on any atom is -0.423 e. The Labute approximate surface area is 159 Å². The van der Waals surface area contributed by atoms with Gasteiger partial charge < -0.3 is 15.0 Å². The van der Waals surface area contributed by atoms with Crippen LogP contribution in [0.1, 0.15) is 11.1 Å². The molecule has 0 spiro atoms. The van der Waals surface area contributed by atoms with Crippen LogP contribution < -0.4 is 15.0 Å². The molecule has 1 aliphatic rings. The zero-order chi connectivity index (χ0) is 21.4. The van der Waals surface area contributed by atoms with E-state index in [4.69, 9.17) is 4.74 Å². The fraction of sp³-hybridized carbons (Fsp3) is 0.222. The third kappa shape index (κ3) is 4.79. The Hall–Kier alpha value is -3.24. The number of halogens is 6. The Morgan fingerprint density at radius 3 is 2.17 bits per heavy atom. The van der Waals surface area contributed by atoms with E-state index in [0.29, 0.717) is 17.8 Å². The Kier molecular flexibility index (Phi) is 5.16. The number of hydrogen-bond acceptors (Lipinski definition) is 4. The second kappa shape index (κ2) is 7.30. The van der Waals surface area contributed by atoms with E-state index in [0.717, 1.165) is 0 Å². The average Bonchev–Trinajstić information content (AvgIpc) is 2.59. The average molecular weight is 418 g/mol. The van der Waals surface area contributed by atoms with Gasteiger partial charge in [-0.05, 0) is 30.3 Å². The highest BCUT2D eigenvalue weighted by Crippen LogP contribution is 2.37. The number of esters is 1. The van der Waals surface area contributed by atoms with Gasteiger partial charge in [-0.3, -0.25) is 4.79 Å². The molecule has 154 valence electrons. The predicted molar refractivity (Wildman–Crippen MR) is 89.4 cm³/mol. The molecule has 1 amide bonds. The van der Waals surface area contributed by atoms with Crippen LogP contribution in [0.5, 0.6) is 5.75 Å². The number of carbonyl (C=O) groups excluding carboxylic acids is 2. The predicted octanol–water partition coefficient (Wildman–Crippen LogP) is 4.09. The number of nitrogens with zero attached hydrogens (tertiary/aromatic N) is 1. The Balaban J connectivity index is 1.83. The van der Waals surface area contributed by atoms with E-state index in [1.807, 2.05) is 5.32 Å². The SMILES string of the molecule is O=C(CN1CC(=O)Oc2ccccc21)Nc1cc(C(F)(F)F)cc(C(F)(F)F)c1. The number of rotatable bonds is 3. The molecule has 1 N–H and O–H groups in total. The molecule has 1 heterocycles. The minimum absolute atomic E-state index is 0.0352. The van der Waals surface area contributed by atoms with Crippen molar-refractivity contribution in [2.24, 2.45) is 0 Å². The molecule has 0 unspecified atom stereocenters. The standard InChI is InChI=1S/C18H12F6N2O3/c19-17(20,21)10-5-11(18(22,23)24)7-12(6-10)25-15(27)8-26-9-16(28)29-14-4-2-1-3-13(14)26/h1-7H,8-9H2,(H,25,27). The van der Waals surface area contributed by atoms with Crippen molar-refractivity contribution in [1.29, 1.82) is 0 Å². The van der Waals surface area contributed by atoms with Crippen molar-refractivity contribution in [2.45, 2.75) is 12.4 Å². The maximum Gasteiger partial charge on any atom is 0.416 e. The number of ether oxygens (including phenoxy) is 1. The van der Waals surface area contributed by atoms with Crippen molar-refractivity contribution >= 4 is 23.3 Å². The number of anilines is 2. The quantitative estimate of drug-likeness (QED) is 0.464. The van der Waals surface area contributed by atoms with Crippen molar-refractivity contribution in [3.63, 3.8) is 0 Å². The highest BCUT2D eigenvalue weighted by molar-refractivity contribution is 5.96. The number of alkyl halides is 6. The molecule has 0 saturated carbocycles. The van der Waals surface area contributed by atoms with Crippen LogP contribution in [0.2, 0.25) is 0 Å². The molecular formula is C18H12F6N2O3. The molecule has 2 aromatic carbocycles. The molecule has 0 aliphatic carbocycles. The fourth-order valence-electron chi connectivity index (χ4n) is 2.74. The van der Waals surface area contributed by atoms with E-state index in [-0.39, 0.29) is 18.4 Å². The van der Waals surface area contributed by atoms with Crippen molar-refractivity contribution in [2.75, 3.05) is 23.3 Å². The summed E-state index contributed by atoms with van der Waals surface area (Å²) in [5.41, 5.74) is -3.36. The maximum absolute atomic E-state index is 12.9. The first-order valence-electron chi connectivity index (χ1n) is 8.07. The van der Waals surface area contributed by atoms with Gasteiger partial charge in [-0.2, -0.15) is 26.3 Å². The minimum atomic E-state index is -5.03. The van der Waals surface area contributed by atoms with Gasteiger partial charge >= 0.3 is 18.3 Å². The van der Waals surface area contributed by atoms with Crippen LogP contribution >= 0.6 is 0 Å². The monoisotopic (exact) mass is 418 g/mol. The third-order valence-electron chi connectivity index (χ3n) is 3.96. The number of hydrogen-bond donors (Lipinski definition) is 1. The van der Waals surface area contributed by atoms with Crippen LogP contribution in [-0.2, 0) is 21.9 Å². The van der Waals surface area contributed by atoms with Crippen LogP contribution in [0.4, 0.5) is 37.7 Å². The number of para-hydroxylation sites is 2. The normalized spacial score (nSPS) is 14.3. The Bertz CT molecular complexity index is 923. The molecule has 0 bridgehead atoms. The summed E-state index contributed by atoms with van der Waals surface area (Å²) in [6.45, 7) is -0.787. The summed E-state index contributed by atoms with van der Waals surface area (Å²) in [6.07, 6.45) is -10.1. The Morgan fingerprint density at radius 1 is 1.00 bits per heavy atom. The molecule has 3 rings (SSSR count). The second-order valence-electron chi connectivity index (χ2n) is 6.14. The van der Waals surface area contributed by atoms with Crippen molar-refractivity contribution in [3.05, 3.63) is 53.6 Å². The summed E-state index contributed by atoms with van der Waals surface area (Å²) in [5, 5.41) is 2.03. The van der Waals surface area contributed by atoms with Crippen LogP contribution in [0, 0.1) is 0 Å². The van der Waals surface area contributed by atoms with Crippen molar-refractivity contribution < 1.29 is 40.7 Å². The Morgan fingerprint density at radius 2 is 1.59 bits per heavy atom. The summed E-state index contributed by atoms with van der Waals surface area (Å²) in [5.74, 6) is -1.37. The van der Waals surface area contributed by atoms with E-state index < -0.39 is 47.6 Å². The smallest absolute Gasteiger partial charge is 0.416 e. The van der Waals surface area contributed by atoms with E-state index in [2.05, 4.69) is 0 Å². The van der Waals surface area contributed by atoms with Gasteiger partial charge in [0.25, 0.3) is 0 Å². The van der Waals surface area contributed by atoms with Gasteiger partial charge in [0.05, 0.1) is 23.4 Å². The van der Waals surface area contributed by atoms with Crippen LogP contribution in [-0.4, -0.2) is 25.0 Å². The highest BCUT2D eigenvalue weighted by Gasteiger charge is 2.37. The van der Waals surface area contributed by atoms with Gasteiger partial charge in [-0.15, -0.1) is 0 Å². The molecule has 5 nitrogen and oxygen atoms in total. The first-order chi connectivity index (χ1) is 13.4. The van der Waals surface area contributed by atoms with Gasteiger partial charge in [0.15, 0.2) is 5.75 Å². The molecule has 11 heteroatoms. The first kappa shape index (κ1) is 20.5. The molecule has 1 aliphatic heterocycles. The lowest BCUT2D eigenvalue weighted by Gasteiger charge is -2.29. The summed E-state index contributed by atoms with van der Waals surface area (Å²) in [6, 6.07) is 7.03. The van der Waals surface area contributed by atoms with Gasteiger partial charge in [0.1, 0.15) is 6.54 Å². The van der Waals surface area contributed by atoms with Gasteiger partial charge in [0, 0.05) is 5.69 Å². The highest BCUT2D eigenvalue weighted by atomic mass is 19.4. The molecule has 0 atom stereocenters. The molecule has 0 fully saturated rings. The van der Waals surface area contributed by atoms with Crippen LogP contribution in [0.25, 0.3) is 0 Å². The largest absolute Gasteiger partial charge is 0.423 e. The lowest BCUT2D eigenvalue weighted by atomic mass is 10.1. The first-order valence-corrected chi connectivity index (χ1v) is 8.07. The molecule has 29 heavy (non-hydrogen) atoms. The lowest BCUT2D eigenvalue weighted by Crippen LogP contribution is -2.41. The van der Waals surface area contributed by atoms with Gasteiger partial charge in [0.2, 0.25) is 5.91 Å². The van der Waals surface area contributed by atoms with Crippen molar-refractivity contribution in [1.82, 2.24) is 0 Å². The van der Waals surface area contributed by atoms with Crippen LogP contribution in [0.3, 0.4) is 0 Å². The van der Waals surface area contributed by atoms with E-state index in [9.17, 15) is 35.9 Å². The van der Waals surface area contributed by atoms with E-state index in [1.54, 1.807) is 18.2 Å². The van der Waals surface area contributed by atoms with Gasteiger partial charge in [-0.1, -0.05) is 12.1 Å². The van der Waals surface area contributed by atoms with Crippen molar-refractivity contribution in [3.8, 4) is 5.75 Å². The fourth-order valence-corrected chi connectivity index (χ4v) is 2.74. The summed E-state index contributed by atoms with van der Waals surface area (Å²) < 4.78 is 82.5. The van der Waals surface area contributed by atoms with E-state index in [1.165, 1.54) is 11.0 Å². The number of benzene rings is 2. The number of carbonyl (C=O) groups is 2. The molecular weight excluding hydrogens is 406 g/mol. The maximum atomic E-state index is 12.9. The van der Waals surface area contributed by atoms with E-state index >= 15 is 0 Å². The molecule has 2 aromatic rings. The molecule has 0 aromatic heterocycles. The summed E-state index contributed by atoms with van der Waals surface area (Å²) in [4.78, 5) is 25.2. The number of fused-ring (bicyclic) bond motifs is 1. The lowest BCUT2D eigenvalue weighted by molar-refractivity contribution is -0.143. The molecule has 0 saturated heterocycles. The number of amides is 1. The zero-order valence-electron chi connectivity index (χ0n) is 14.4. The van der Waals surface area contributed by atoms with Gasteiger partial charge in [-0.25, -0.2) is 4.79 Å². The van der Waals surface area contributed by atoms with Crippen LogP contribution in [0.15, 0.2) is 42.5 Å². The summed E-state index contributed by atoms with van der Waals surface area (Å²) >= 11 is 0. The molecule has 0 radical (unpaired) electrons. The second-order valence-corrected chi connectivity index (χ2v) is 6.14. The zero-order valence-corrected chi connectivity index (χ0v) is 14.4. The topological polar surface area (TPSA) is 58.6 Å². The third-order valence-corrected chi connectivity index (χ3v) is 3.96. The summed E-state index contributed by atoms with van der Waals surface area (Å²) in [7, 11) is 0. The number of nitrogens with one attached hydrogen (secondary N) is 1.